The molecule has 2 aliphatic rings. The van der Waals surface area contributed by atoms with Crippen molar-refractivity contribution in [3.8, 4) is 22.6 Å². The van der Waals surface area contributed by atoms with Crippen LogP contribution in [-0.4, -0.2) is 92.0 Å². The van der Waals surface area contributed by atoms with Crippen LogP contribution in [0.1, 0.15) is 16.8 Å². The Labute approximate surface area is 279 Å². The van der Waals surface area contributed by atoms with E-state index in [9.17, 15) is 18.8 Å². The molecule has 0 saturated carbocycles. The second kappa shape index (κ2) is 13.1. The molecule has 0 unspecified atom stereocenters. The monoisotopic (exact) mass is 670 g/mol. The Morgan fingerprint density at radius 3 is 2.75 bits per heavy atom. The van der Waals surface area contributed by atoms with E-state index in [1.54, 1.807) is 0 Å². The van der Waals surface area contributed by atoms with Crippen molar-refractivity contribution in [3.63, 3.8) is 0 Å². The molecule has 3 amide bonds. The number of nitrogens with two attached hydrogens (primary N) is 1. The van der Waals surface area contributed by atoms with E-state index in [-0.39, 0.29) is 42.5 Å². The summed E-state index contributed by atoms with van der Waals surface area (Å²) in [4.78, 5) is 42.8. The zero-order valence-electron chi connectivity index (χ0n) is 25.8. The minimum absolute atomic E-state index is 0.0146. The van der Waals surface area contributed by atoms with Gasteiger partial charge in [-0.05, 0) is 47.5 Å². The average Bonchev–Trinajstić information content (AvgIpc) is 3.81. The maximum absolute atomic E-state index is 13.9. The largest absolute Gasteiger partial charge is 0.488 e. The molecule has 2 atom stereocenters. The molecule has 1 saturated heterocycles. The van der Waals surface area contributed by atoms with Gasteiger partial charge in [0.05, 0.1) is 47.6 Å². The number of amides is 3. The summed E-state index contributed by atoms with van der Waals surface area (Å²) >= 11 is 6.23. The van der Waals surface area contributed by atoms with E-state index in [1.807, 2.05) is 58.2 Å². The van der Waals surface area contributed by atoms with Gasteiger partial charge in [-0.2, -0.15) is 10.2 Å². The number of likely N-dealkylation sites (tertiary alicyclic amines) is 1. The number of carbonyl (C=O) groups is 3. The third-order valence-corrected chi connectivity index (χ3v) is 8.91. The highest BCUT2D eigenvalue weighted by Crippen LogP contribution is 2.32. The first kappa shape index (κ1) is 31.3. The molecule has 2 aliphatic heterocycles. The normalized spacial score (nSPS) is 18.7. The molecule has 48 heavy (non-hydrogen) atoms. The van der Waals surface area contributed by atoms with Crippen molar-refractivity contribution < 1.29 is 23.5 Å². The van der Waals surface area contributed by atoms with Gasteiger partial charge in [0, 0.05) is 43.8 Å². The van der Waals surface area contributed by atoms with Crippen LogP contribution in [0.2, 0.25) is 5.02 Å². The molecule has 246 valence electrons. The lowest BCUT2D eigenvalue weighted by atomic mass is 10.0. The molecule has 7 rings (SSSR count). The van der Waals surface area contributed by atoms with E-state index >= 15 is 0 Å². The molecule has 3 aromatic carbocycles. The molecule has 1 fully saturated rings. The van der Waals surface area contributed by atoms with Crippen LogP contribution >= 0.6 is 11.6 Å². The predicted molar refractivity (Wildman–Crippen MR) is 176 cm³/mol. The maximum Gasteiger partial charge on any atom is 0.257 e. The number of nitrogens with one attached hydrogen (secondary N) is 1. The van der Waals surface area contributed by atoms with Crippen LogP contribution in [0.25, 0.3) is 27.7 Å². The van der Waals surface area contributed by atoms with Crippen molar-refractivity contribution in [2.45, 2.75) is 25.1 Å². The molecule has 3 N–H and O–H groups in total. The maximum atomic E-state index is 13.9. The molecular weight excluding hydrogens is 639 g/mol. The first-order valence-electron chi connectivity index (χ1n) is 15.5. The zero-order valence-corrected chi connectivity index (χ0v) is 26.5. The van der Waals surface area contributed by atoms with E-state index in [4.69, 9.17) is 27.2 Å². The summed E-state index contributed by atoms with van der Waals surface area (Å²) in [5.74, 6) is -1.12. The van der Waals surface area contributed by atoms with Crippen molar-refractivity contribution in [1.29, 1.82) is 0 Å². The third-order valence-electron chi connectivity index (χ3n) is 8.61. The number of aromatic nitrogens is 4. The second-order valence-corrected chi connectivity index (χ2v) is 12.3. The Bertz CT molecular complexity index is 2030. The van der Waals surface area contributed by atoms with Gasteiger partial charge in [0.15, 0.2) is 0 Å². The summed E-state index contributed by atoms with van der Waals surface area (Å²) in [6.07, 6.45) is 4.65. The molecular formula is C34H32ClFN8O4. The third kappa shape index (κ3) is 6.46. The van der Waals surface area contributed by atoms with Crippen LogP contribution in [0.3, 0.4) is 0 Å². The van der Waals surface area contributed by atoms with E-state index < -0.39 is 29.8 Å². The van der Waals surface area contributed by atoms with Crippen molar-refractivity contribution in [2.75, 3.05) is 32.7 Å². The van der Waals surface area contributed by atoms with Gasteiger partial charge in [0.25, 0.3) is 5.91 Å². The average molecular weight is 671 g/mol. The van der Waals surface area contributed by atoms with Crippen LogP contribution in [0.15, 0.2) is 79.3 Å². The van der Waals surface area contributed by atoms with Crippen LogP contribution < -0.4 is 15.8 Å². The van der Waals surface area contributed by atoms with Crippen LogP contribution in [-0.2, 0) is 16.1 Å². The van der Waals surface area contributed by atoms with Gasteiger partial charge in [-0.3, -0.25) is 24.0 Å². The molecule has 14 heteroatoms. The van der Waals surface area contributed by atoms with Crippen LogP contribution in [0.4, 0.5) is 4.39 Å². The molecule has 0 radical (unpaired) electrons. The van der Waals surface area contributed by atoms with Crippen molar-refractivity contribution in [3.05, 3.63) is 95.7 Å². The molecule has 0 aliphatic carbocycles. The summed E-state index contributed by atoms with van der Waals surface area (Å²) < 4.78 is 23.3. The van der Waals surface area contributed by atoms with Crippen molar-refractivity contribution in [1.82, 2.24) is 34.7 Å². The number of halogens is 2. The fourth-order valence-electron chi connectivity index (χ4n) is 6.33. The summed E-state index contributed by atoms with van der Waals surface area (Å²) in [5, 5.41) is 13.1. The number of fused-ring (bicyclic) bond motifs is 6. The van der Waals surface area contributed by atoms with Gasteiger partial charge in [0.2, 0.25) is 11.8 Å². The van der Waals surface area contributed by atoms with Crippen molar-refractivity contribution >= 4 is 40.2 Å². The van der Waals surface area contributed by atoms with Crippen molar-refractivity contribution in [2.24, 2.45) is 5.73 Å². The molecule has 2 aromatic heterocycles. The number of ether oxygens (including phenoxy) is 1. The summed E-state index contributed by atoms with van der Waals surface area (Å²) in [6.45, 7) is 1.73. The summed E-state index contributed by atoms with van der Waals surface area (Å²) in [6, 6.07) is 16.7. The molecule has 0 spiro atoms. The zero-order chi connectivity index (χ0) is 33.4. The number of hydrogen-bond donors (Lipinski definition) is 2. The topological polar surface area (TPSA) is 141 Å². The number of primary amides is 1. The van der Waals surface area contributed by atoms with E-state index in [1.165, 1.54) is 40.2 Å². The van der Waals surface area contributed by atoms with Gasteiger partial charge in [-0.1, -0.05) is 35.9 Å². The Morgan fingerprint density at radius 1 is 1.06 bits per heavy atom. The summed E-state index contributed by atoms with van der Waals surface area (Å²) in [7, 11) is 0. The van der Waals surface area contributed by atoms with Gasteiger partial charge in [-0.25, -0.2) is 9.07 Å². The highest BCUT2D eigenvalue weighted by Gasteiger charge is 2.41. The van der Waals surface area contributed by atoms with E-state index in [0.717, 1.165) is 22.0 Å². The van der Waals surface area contributed by atoms with E-state index in [2.05, 4.69) is 10.4 Å². The number of benzene rings is 3. The first-order valence-corrected chi connectivity index (χ1v) is 15.9. The van der Waals surface area contributed by atoms with Gasteiger partial charge < -0.3 is 20.7 Å². The smallest absolute Gasteiger partial charge is 0.257 e. The number of rotatable bonds is 4. The highest BCUT2D eigenvalue weighted by atomic mass is 35.5. The SMILES string of the molecule is NC(=O)CN1CCNC(=O)[C@@H]2C[C@@H](CN2C(=O)c2cnn(-c3ccc(F)cc3Cl)c2)Oc2cccc(c2)-c2cccc3nn(cc23)CC1. The van der Waals surface area contributed by atoms with Gasteiger partial charge >= 0.3 is 0 Å². The Morgan fingerprint density at radius 2 is 1.92 bits per heavy atom. The Kier molecular flexibility index (Phi) is 8.54. The minimum Gasteiger partial charge on any atom is -0.488 e. The lowest BCUT2D eigenvalue weighted by Gasteiger charge is -2.24. The predicted octanol–water partition coefficient (Wildman–Crippen LogP) is 3.26. The van der Waals surface area contributed by atoms with E-state index in [0.29, 0.717) is 31.1 Å². The molecule has 4 heterocycles. The lowest BCUT2D eigenvalue weighted by molar-refractivity contribution is -0.124. The van der Waals surface area contributed by atoms with Crippen LogP contribution in [0.5, 0.6) is 5.75 Å². The fourth-order valence-corrected chi connectivity index (χ4v) is 6.58. The Hall–Kier alpha value is -5.27. The number of carbonyl (C=O) groups excluding carboxylic acids is 3. The summed E-state index contributed by atoms with van der Waals surface area (Å²) in [5.41, 5.74) is 8.93. The minimum atomic E-state index is -0.832. The van der Waals surface area contributed by atoms with Gasteiger partial charge in [-0.15, -0.1) is 0 Å². The number of nitrogens with zero attached hydrogens (tertiary/aromatic N) is 6. The fraction of sp³-hybridized carbons (Fsp3) is 0.265. The standard InChI is InChI=1S/C34H32ClFN8O4/c35-28-14-23(36)7-8-30(28)44-17-22(16-39-44)34(47)43-18-25-15-31(43)33(46)38-9-10-41(20-32(37)45)11-12-42-19-27-26(5-2-6-29(27)40-42)21-3-1-4-24(13-21)48-25/h1-8,13-14,16-17,19,25,31H,9-12,15,18,20H2,(H2,37,45)(H,38,46)/t25-,31-/m0/s1. The number of hydrogen-bond acceptors (Lipinski definition) is 7. The quantitative estimate of drug-likeness (QED) is 0.299. The molecule has 5 aromatic rings. The van der Waals surface area contributed by atoms with Gasteiger partial charge in [0.1, 0.15) is 23.7 Å². The Balaban J connectivity index is 1.20. The lowest BCUT2D eigenvalue weighted by Crippen LogP contribution is -2.48. The van der Waals surface area contributed by atoms with Crippen LogP contribution in [0, 0.1) is 5.82 Å². The molecule has 12 nitrogen and oxygen atoms in total. The second-order valence-electron chi connectivity index (χ2n) is 11.9. The first-order chi connectivity index (χ1) is 23.2. The molecule has 6 bridgehead atoms. The highest BCUT2D eigenvalue weighted by molar-refractivity contribution is 6.32.